The number of anilines is 2. The van der Waals surface area contributed by atoms with E-state index in [-0.39, 0.29) is 11.8 Å². The van der Waals surface area contributed by atoms with Crippen LogP contribution in [0.5, 0.6) is 0 Å². The van der Waals surface area contributed by atoms with Gasteiger partial charge in [0.1, 0.15) is 0 Å². The van der Waals surface area contributed by atoms with Crippen LogP contribution >= 0.6 is 0 Å². The highest BCUT2D eigenvalue weighted by molar-refractivity contribution is 5.92. The second kappa shape index (κ2) is 8.97. The number of nitrogens with zero attached hydrogens (tertiary/aromatic N) is 2. The minimum Gasteiger partial charge on any atom is -0.385 e. The highest BCUT2D eigenvalue weighted by Gasteiger charge is 2.06. The number of hydrogen-bond donors (Lipinski definition) is 2. The van der Waals surface area contributed by atoms with Gasteiger partial charge in [-0.3, -0.25) is 4.79 Å². The van der Waals surface area contributed by atoms with Gasteiger partial charge >= 0.3 is 0 Å². The third kappa shape index (κ3) is 6.37. The predicted molar refractivity (Wildman–Crippen MR) is 104 cm³/mol. The number of nitrogens with one attached hydrogen (secondary N) is 2. The zero-order valence-corrected chi connectivity index (χ0v) is 15.3. The Balaban J connectivity index is 1.93. The van der Waals surface area contributed by atoms with E-state index in [1.165, 1.54) is 0 Å². The molecule has 0 saturated carbocycles. The fourth-order valence-electron chi connectivity index (χ4n) is 1.98. The van der Waals surface area contributed by atoms with E-state index in [1.807, 2.05) is 62.4 Å². The van der Waals surface area contributed by atoms with Crippen LogP contribution < -0.4 is 10.6 Å². The molecule has 0 aliphatic rings. The van der Waals surface area contributed by atoms with Crippen molar-refractivity contribution < 1.29 is 4.79 Å². The van der Waals surface area contributed by atoms with Crippen molar-refractivity contribution in [3.05, 3.63) is 48.5 Å². The van der Waals surface area contributed by atoms with Crippen LogP contribution in [-0.2, 0) is 4.79 Å². The zero-order valence-electron chi connectivity index (χ0n) is 15.3. The van der Waals surface area contributed by atoms with E-state index in [0.29, 0.717) is 5.92 Å². The summed E-state index contributed by atoms with van der Waals surface area (Å²) in [6, 6.07) is 15.2. The van der Waals surface area contributed by atoms with E-state index in [9.17, 15) is 4.79 Å². The van der Waals surface area contributed by atoms with E-state index in [2.05, 4.69) is 34.7 Å². The fraction of sp³-hybridized carbons (Fsp3) is 0.350. The van der Waals surface area contributed by atoms with Crippen LogP contribution in [0.4, 0.5) is 22.7 Å². The monoisotopic (exact) mass is 338 g/mol. The molecule has 5 nitrogen and oxygen atoms in total. The summed E-state index contributed by atoms with van der Waals surface area (Å²) in [5, 5.41) is 14.7. The van der Waals surface area contributed by atoms with Gasteiger partial charge in [0.2, 0.25) is 5.91 Å². The number of rotatable bonds is 7. The first-order valence-electron chi connectivity index (χ1n) is 8.60. The van der Waals surface area contributed by atoms with Gasteiger partial charge in [0.15, 0.2) is 0 Å². The second-order valence-electron chi connectivity index (χ2n) is 6.71. The molecule has 0 radical (unpaired) electrons. The molecule has 0 aliphatic carbocycles. The summed E-state index contributed by atoms with van der Waals surface area (Å²) in [5.74, 6) is 0.561. The SMILES string of the molecule is CC(C)CNc1ccc(N=Nc2ccc(NC(=O)C(C)C)cc2)cc1. The van der Waals surface area contributed by atoms with Crippen molar-refractivity contribution in [2.24, 2.45) is 22.1 Å². The molecule has 5 heteroatoms. The molecule has 0 heterocycles. The van der Waals surface area contributed by atoms with Crippen LogP contribution in [-0.4, -0.2) is 12.5 Å². The Morgan fingerprint density at radius 2 is 1.32 bits per heavy atom. The maximum Gasteiger partial charge on any atom is 0.226 e. The Hall–Kier alpha value is -2.69. The smallest absolute Gasteiger partial charge is 0.226 e. The van der Waals surface area contributed by atoms with E-state index < -0.39 is 0 Å². The summed E-state index contributed by atoms with van der Waals surface area (Å²) in [7, 11) is 0. The predicted octanol–water partition coefficient (Wildman–Crippen LogP) is 5.76. The third-order valence-corrected chi connectivity index (χ3v) is 3.52. The molecule has 0 aromatic heterocycles. The van der Waals surface area contributed by atoms with Gasteiger partial charge in [0, 0.05) is 23.8 Å². The number of azo groups is 1. The summed E-state index contributed by atoms with van der Waals surface area (Å²) in [6.45, 7) is 9.02. The fourth-order valence-corrected chi connectivity index (χ4v) is 1.98. The standard InChI is InChI=1S/C20H26N4O/c1-14(2)13-21-16-5-9-18(10-6-16)23-24-19-11-7-17(8-12-19)22-20(25)15(3)4/h5-12,14-15,21H,13H2,1-4H3,(H,22,25). The van der Waals surface area contributed by atoms with Crippen LogP contribution in [0.3, 0.4) is 0 Å². The van der Waals surface area contributed by atoms with Gasteiger partial charge in [-0.1, -0.05) is 27.7 Å². The molecule has 0 atom stereocenters. The molecule has 0 spiro atoms. The van der Waals surface area contributed by atoms with Gasteiger partial charge < -0.3 is 10.6 Å². The lowest BCUT2D eigenvalue weighted by molar-refractivity contribution is -0.118. The summed E-state index contributed by atoms with van der Waals surface area (Å²) in [5.41, 5.74) is 3.38. The molecule has 0 saturated heterocycles. The first-order chi connectivity index (χ1) is 11.9. The van der Waals surface area contributed by atoms with Crippen molar-refractivity contribution in [3.63, 3.8) is 0 Å². The Bertz CT molecular complexity index is 703. The highest BCUT2D eigenvalue weighted by Crippen LogP contribution is 2.22. The average molecular weight is 338 g/mol. The Morgan fingerprint density at radius 3 is 1.76 bits per heavy atom. The Morgan fingerprint density at radius 1 is 0.840 bits per heavy atom. The molecule has 2 aromatic carbocycles. The van der Waals surface area contributed by atoms with Gasteiger partial charge in [0.25, 0.3) is 0 Å². The molecular formula is C20H26N4O. The molecule has 0 bridgehead atoms. The molecule has 0 fully saturated rings. The lowest BCUT2D eigenvalue weighted by Crippen LogP contribution is -2.17. The van der Waals surface area contributed by atoms with Crippen molar-refractivity contribution in [3.8, 4) is 0 Å². The van der Waals surface area contributed by atoms with Gasteiger partial charge in [-0.05, 0) is 54.4 Å². The topological polar surface area (TPSA) is 65.8 Å². The first-order valence-corrected chi connectivity index (χ1v) is 8.60. The second-order valence-corrected chi connectivity index (χ2v) is 6.71. The van der Waals surface area contributed by atoms with E-state index in [1.54, 1.807) is 0 Å². The van der Waals surface area contributed by atoms with E-state index in [4.69, 9.17) is 0 Å². The molecule has 2 aromatic rings. The normalized spacial score (nSPS) is 11.3. The summed E-state index contributed by atoms with van der Waals surface area (Å²) >= 11 is 0. The van der Waals surface area contributed by atoms with Crippen LogP contribution in [0.25, 0.3) is 0 Å². The molecule has 25 heavy (non-hydrogen) atoms. The number of benzene rings is 2. The zero-order chi connectivity index (χ0) is 18.2. The minimum atomic E-state index is -0.0441. The largest absolute Gasteiger partial charge is 0.385 e. The van der Waals surface area contributed by atoms with Crippen molar-refractivity contribution in [1.29, 1.82) is 0 Å². The third-order valence-electron chi connectivity index (χ3n) is 3.52. The van der Waals surface area contributed by atoms with Crippen molar-refractivity contribution >= 4 is 28.7 Å². The van der Waals surface area contributed by atoms with Crippen molar-refractivity contribution in [1.82, 2.24) is 0 Å². The molecule has 1 amide bonds. The van der Waals surface area contributed by atoms with Gasteiger partial charge in [-0.25, -0.2) is 0 Å². The van der Waals surface area contributed by atoms with Crippen LogP contribution in [0, 0.1) is 11.8 Å². The molecular weight excluding hydrogens is 312 g/mol. The van der Waals surface area contributed by atoms with Crippen molar-refractivity contribution in [2.45, 2.75) is 27.7 Å². The number of carbonyl (C=O) groups excluding carboxylic acids is 1. The van der Waals surface area contributed by atoms with Gasteiger partial charge in [-0.15, -0.1) is 0 Å². The summed E-state index contributed by atoms with van der Waals surface area (Å²) in [6.07, 6.45) is 0. The highest BCUT2D eigenvalue weighted by atomic mass is 16.1. The molecule has 0 unspecified atom stereocenters. The maximum absolute atomic E-state index is 11.7. The first kappa shape index (κ1) is 18.6. The Kier molecular flexibility index (Phi) is 6.69. The van der Waals surface area contributed by atoms with Gasteiger partial charge in [-0.2, -0.15) is 10.2 Å². The quantitative estimate of drug-likeness (QED) is 0.630. The van der Waals surface area contributed by atoms with E-state index >= 15 is 0 Å². The van der Waals surface area contributed by atoms with Crippen LogP contribution in [0.1, 0.15) is 27.7 Å². The minimum absolute atomic E-state index is 0.000502. The molecule has 2 N–H and O–H groups in total. The molecule has 132 valence electrons. The molecule has 2 rings (SSSR count). The number of amides is 1. The maximum atomic E-state index is 11.7. The lowest BCUT2D eigenvalue weighted by atomic mass is 10.2. The molecule has 0 aliphatic heterocycles. The van der Waals surface area contributed by atoms with Crippen LogP contribution in [0.15, 0.2) is 58.8 Å². The van der Waals surface area contributed by atoms with Gasteiger partial charge in [0.05, 0.1) is 11.4 Å². The average Bonchev–Trinajstić information content (AvgIpc) is 2.60. The summed E-state index contributed by atoms with van der Waals surface area (Å²) in [4.78, 5) is 11.7. The Labute approximate surface area is 149 Å². The summed E-state index contributed by atoms with van der Waals surface area (Å²) < 4.78 is 0. The van der Waals surface area contributed by atoms with Crippen molar-refractivity contribution in [2.75, 3.05) is 17.2 Å². The number of carbonyl (C=O) groups is 1. The van der Waals surface area contributed by atoms with E-state index in [0.717, 1.165) is 29.3 Å². The van der Waals surface area contributed by atoms with Crippen LogP contribution in [0.2, 0.25) is 0 Å². The number of hydrogen-bond acceptors (Lipinski definition) is 4. The lowest BCUT2D eigenvalue weighted by Gasteiger charge is -2.08.